The SMILES string of the molecule is C1=NCCO1.O=C(Cl)c1ccccc1Cl. The second-order valence-electron chi connectivity index (χ2n) is 2.64. The Morgan fingerprint density at radius 1 is 1.40 bits per heavy atom. The van der Waals surface area contributed by atoms with Gasteiger partial charge in [0.25, 0.3) is 5.24 Å². The molecule has 5 heteroatoms. The van der Waals surface area contributed by atoms with E-state index in [9.17, 15) is 4.79 Å². The van der Waals surface area contributed by atoms with Crippen molar-refractivity contribution in [2.75, 3.05) is 13.2 Å². The Balaban J connectivity index is 0.000000187. The van der Waals surface area contributed by atoms with Gasteiger partial charge in [-0.25, -0.2) is 0 Å². The molecule has 0 spiro atoms. The number of benzene rings is 1. The second kappa shape index (κ2) is 6.43. The molecule has 1 heterocycles. The van der Waals surface area contributed by atoms with Gasteiger partial charge in [0.05, 0.1) is 17.1 Å². The third kappa shape index (κ3) is 4.32. The monoisotopic (exact) mass is 245 g/mol. The van der Waals surface area contributed by atoms with Crippen LogP contribution < -0.4 is 0 Å². The van der Waals surface area contributed by atoms with Gasteiger partial charge < -0.3 is 4.74 Å². The molecule has 0 fully saturated rings. The van der Waals surface area contributed by atoms with Crippen LogP contribution in [0, 0.1) is 0 Å². The van der Waals surface area contributed by atoms with E-state index in [0.717, 1.165) is 13.2 Å². The minimum atomic E-state index is -0.523. The Morgan fingerprint density at radius 3 is 2.47 bits per heavy atom. The molecular formula is C10H9Cl2NO2. The number of carbonyl (C=O) groups is 1. The van der Waals surface area contributed by atoms with E-state index in [1.54, 1.807) is 24.3 Å². The van der Waals surface area contributed by atoms with Gasteiger partial charge in [0.1, 0.15) is 6.61 Å². The maximum Gasteiger partial charge on any atom is 0.253 e. The minimum absolute atomic E-state index is 0.353. The average Bonchev–Trinajstić information content (AvgIpc) is 2.75. The molecule has 0 aromatic heterocycles. The molecule has 3 nitrogen and oxygen atoms in total. The number of rotatable bonds is 1. The largest absolute Gasteiger partial charge is 0.482 e. The maximum atomic E-state index is 10.5. The van der Waals surface area contributed by atoms with E-state index in [1.807, 2.05) is 0 Å². The summed E-state index contributed by atoms with van der Waals surface area (Å²) in [7, 11) is 0. The molecule has 0 atom stereocenters. The van der Waals surface area contributed by atoms with Crippen molar-refractivity contribution in [1.82, 2.24) is 0 Å². The van der Waals surface area contributed by atoms with Crippen molar-refractivity contribution in [3.8, 4) is 0 Å². The molecule has 0 aliphatic carbocycles. The van der Waals surface area contributed by atoms with Crippen molar-refractivity contribution >= 4 is 34.8 Å². The van der Waals surface area contributed by atoms with Gasteiger partial charge in [0.15, 0.2) is 6.40 Å². The molecule has 0 saturated heterocycles. The molecule has 0 saturated carbocycles. The van der Waals surface area contributed by atoms with Crippen LogP contribution in [0.15, 0.2) is 29.3 Å². The lowest BCUT2D eigenvalue weighted by molar-refractivity contribution is 0.108. The third-order valence-corrected chi connectivity index (χ3v) is 2.11. The molecule has 80 valence electrons. The van der Waals surface area contributed by atoms with Crippen LogP contribution in [0.2, 0.25) is 5.02 Å². The van der Waals surface area contributed by atoms with Crippen LogP contribution in [0.25, 0.3) is 0 Å². The molecule has 0 unspecified atom stereocenters. The van der Waals surface area contributed by atoms with Gasteiger partial charge in [-0.15, -0.1) is 0 Å². The Kier molecular flexibility index (Phi) is 5.15. The van der Waals surface area contributed by atoms with Gasteiger partial charge in [0.2, 0.25) is 0 Å². The summed E-state index contributed by atoms with van der Waals surface area (Å²) in [4.78, 5) is 14.3. The zero-order valence-electron chi connectivity index (χ0n) is 7.82. The van der Waals surface area contributed by atoms with E-state index < -0.39 is 5.24 Å². The van der Waals surface area contributed by atoms with E-state index in [1.165, 1.54) is 6.40 Å². The predicted octanol–water partition coefficient (Wildman–Crippen LogP) is 2.76. The zero-order chi connectivity index (χ0) is 11.1. The molecule has 15 heavy (non-hydrogen) atoms. The van der Waals surface area contributed by atoms with Crippen LogP contribution in [-0.2, 0) is 4.74 Å². The number of nitrogens with zero attached hydrogens (tertiary/aromatic N) is 1. The van der Waals surface area contributed by atoms with Crippen LogP contribution in [-0.4, -0.2) is 24.8 Å². The van der Waals surface area contributed by atoms with Crippen LogP contribution in [0.3, 0.4) is 0 Å². The average molecular weight is 246 g/mol. The van der Waals surface area contributed by atoms with Gasteiger partial charge in [-0.05, 0) is 23.7 Å². The lowest BCUT2D eigenvalue weighted by Crippen LogP contribution is -1.87. The molecule has 1 aromatic carbocycles. The minimum Gasteiger partial charge on any atom is -0.482 e. The lowest BCUT2D eigenvalue weighted by atomic mass is 10.2. The Bertz CT molecular complexity index is 360. The number of hydrogen-bond donors (Lipinski definition) is 0. The first kappa shape index (κ1) is 12.0. The summed E-state index contributed by atoms with van der Waals surface area (Å²) in [5.74, 6) is 0. The van der Waals surface area contributed by atoms with E-state index in [4.69, 9.17) is 23.2 Å². The number of aliphatic imine (C=N–C) groups is 1. The molecule has 0 amide bonds. The van der Waals surface area contributed by atoms with E-state index in [-0.39, 0.29) is 0 Å². The molecule has 0 radical (unpaired) electrons. The summed E-state index contributed by atoms with van der Waals surface area (Å²) in [5.41, 5.74) is 0.353. The van der Waals surface area contributed by atoms with Crippen molar-refractivity contribution < 1.29 is 9.53 Å². The molecular weight excluding hydrogens is 237 g/mol. The first-order valence-corrected chi connectivity index (χ1v) is 5.01. The van der Waals surface area contributed by atoms with Gasteiger partial charge in [0, 0.05) is 0 Å². The molecule has 1 aliphatic heterocycles. The summed E-state index contributed by atoms with van der Waals surface area (Å²) >= 11 is 10.8. The predicted molar refractivity (Wildman–Crippen MR) is 60.9 cm³/mol. The molecule has 1 aromatic rings. The molecule has 1 aliphatic rings. The maximum absolute atomic E-state index is 10.5. The highest BCUT2D eigenvalue weighted by atomic mass is 35.5. The topological polar surface area (TPSA) is 38.7 Å². The summed E-state index contributed by atoms with van der Waals surface area (Å²) in [6.07, 6.45) is 1.49. The zero-order valence-corrected chi connectivity index (χ0v) is 9.33. The van der Waals surface area contributed by atoms with Crippen LogP contribution >= 0.6 is 23.2 Å². The van der Waals surface area contributed by atoms with Gasteiger partial charge in [-0.2, -0.15) is 0 Å². The highest BCUT2D eigenvalue weighted by Gasteiger charge is 2.03. The molecule has 0 N–H and O–H groups in total. The van der Waals surface area contributed by atoms with Gasteiger partial charge in [-0.3, -0.25) is 9.79 Å². The Hall–Kier alpha value is -1.06. The summed E-state index contributed by atoms with van der Waals surface area (Å²) < 4.78 is 4.65. The Labute approximate surface area is 97.7 Å². The fraction of sp³-hybridized carbons (Fsp3) is 0.200. The Morgan fingerprint density at radius 2 is 2.13 bits per heavy atom. The molecule has 0 bridgehead atoms. The van der Waals surface area contributed by atoms with Crippen LogP contribution in [0.1, 0.15) is 10.4 Å². The third-order valence-electron chi connectivity index (χ3n) is 1.57. The quantitative estimate of drug-likeness (QED) is 0.714. The second-order valence-corrected chi connectivity index (χ2v) is 3.39. The van der Waals surface area contributed by atoms with Crippen molar-refractivity contribution in [3.05, 3.63) is 34.9 Å². The van der Waals surface area contributed by atoms with Crippen molar-refractivity contribution in [2.45, 2.75) is 0 Å². The van der Waals surface area contributed by atoms with Crippen LogP contribution in [0.5, 0.6) is 0 Å². The van der Waals surface area contributed by atoms with E-state index >= 15 is 0 Å². The summed E-state index contributed by atoms with van der Waals surface area (Å²) in [6.45, 7) is 1.62. The van der Waals surface area contributed by atoms with Gasteiger partial charge >= 0.3 is 0 Å². The summed E-state index contributed by atoms with van der Waals surface area (Å²) in [6, 6.07) is 6.65. The fourth-order valence-corrected chi connectivity index (χ4v) is 1.32. The lowest BCUT2D eigenvalue weighted by Gasteiger charge is -1.93. The number of ether oxygens (including phenoxy) is 1. The first-order chi connectivity index (χ1) is 7.22. The highest BCUT2D eigenvalue weighted by Crippen LogP contribution is 2.16. The normalized spacial score (nSPS) is 12.7. The fourth-order valence-electron chi connectivity index (χ4n) is 0.884. The smallest absolute Gasteiger partial charge is 0.253 e. The van der Waals surface area contributed by atoms with Crippen LogP contribution in [0.4, 0.5) is 0 Å². The number of hydrogen-bond acceptors (Lipinski definition) is 3. The first-order valence-electron chi connectivity index (χ1n) is 4.26. The van der Waals surface area contributed by atoms with Crippen molar-refractivity contribution in [1.29, 1.82) is 0 Å². The molecule has 2 rings (SSSR count). The number of halogens is 2. The number of carbonyl (C=O) groups excluding carboxylic acids is 1. The van der Waals surface area contributed by atoms with Crippen molar-refractivity contribution in [2.24, 2.45) is 4.99 Å². The standard InChI is InChI=1S/C7H4Cl2O.C3H5NO/c8-6-4-2-1-3-5(6)7(9)10;1-2-5-3-4-1/h1-4H;3H,1-2H2. The van der Waals surface area contributed by atoms with E-state index in [2.05, 4.69) is 9.73 Å². The van der Waals surface area contributed by atoms with E-state index in [0.29, 0.717) is 10.6 Å². The highest BCUT2D eigenvalue weighted by molar-refractivity contribution is 6.68. The van der Waals surface area contributed by atoms with Crippen molar-refractivity contribution in [3.63, 3.8) is 0 Å². The van der Waals surface area contributed by atoms with Gasteiger partial charge in [-0.1, -0.05) is 23.7 Å². The summed E-state index contributed by atoms with van der Waals surface area (Å²) in [5, 5.41) is -0.131.